The lowest BCUT2D eigenvalue weighted by atomic mass is 9.98. The van der Waals surface area contributed by atoms with E-state index in [9.17, 15) is 15.8 Å². The summed E-state index contributed by atoms with van der Waals surface area (Å²) < 4.78 is 13.3. The van der Waals surface area contributed by atoms with Crippen LogP contribution in [0.5, 0.6) is 0 Å². The molecule has 0 aliphatic carbocycles. The molecule has 148 heavy (non-hydrogen) atoms. The highest BCUT2D eigenvalue weighted by Gasteiger charge is 2.26. The van der Waals surface area contributed by atoms with E-state index in [0.29, 0.717) is 34.9 Å². The number of hydrogen-bond donors (Lipinski definition) is 0. The van der Waals surface area contributed by atoms with E-state index >= 15 is 0 Å². The van der Waals surface area contributed by atoms with Crippen LogP contribution in [0.4, 0.5) is 0 Å². The number of benzene rings is 21. The van der Waals surface area contributed by atoms with Crippen molar-refractivity contribution in [1.82, 2.24) is 57.3 Å². The summed E-state index contributed by atoms with van der Waals surface area (Å²) in [4.78, 5) is 29.0. The summed E-state index contributed by atoms with van der Waals surface area (Å²) in [5.41, 5.74) is 31.3. The molecule has 0 amide bonds. The lowest BCUT2D eigenvalue weighted by Crippen LogP contribution is -2.03. The largest absolute Gasteiger partial charge is 0.309 e. The Morgan fingerprint density at radius 1 is 0.149 bits per heavy atom. The molecule has 0 aliphatic rings. The molecule has 0 spiro atoms. The smallest absolute Gasteiger partial charge is 0.236 e. The molecule has 30 rings (SSSR count). The van der Waals surface area contributed by atoms with E-state index in [0.717, 1.165) is 160 Å². The Balaban J connectivity index is 0.000000108. The van der Waals surface area contributed by atoms with Gasteiger partial charge < -0.3 is 13.7 Å². The van der Waals surface area contributed by atoms with Crippen LogP contribution in [0, 0.1) is 34.0 Å². The van der Waals surface area contributed by atoms with Crippen LogP contribution in [-0.4, -0.2) is 57.3 Å². The van der Waals surface area contributed by atoms with Gasteiger partial charge in [0.1, 0.15) is 18.2 Å². The molecule has 0 fully saturated rings. The van der Waals surface area contributed by atoms with Gasteiger partial charge in [0.05, 0.1) is 82.8 Å². The van der Waals surface area contributed by atoms with Gasteiger partial charge in [0.15, 0.2) is 17.1 Å². The molecule has 30 aromatic rings. The molecule has 0 aliphatic heterocycles. The molecule has 9 heterocycles. The number of fused-ring (bicyclic) bond motifs is 22. The normalized spacial score (nSPS) is 11.6. The summed E-state index contributed by atoms with van der Waals surface area (Å²) >= 11 is 0. The van der Waals surface area contributed by atoms with Gasteiger partial charge in [-0.15, -0.1) is 0 Å². The van der Waals surface area contributed by atoms with Crippen LogP contribution in [0.1, 0.15) is 17.1 Å². The molecule has 9 aromatic heterocycles. The first-order valence-corrected chi connectivity index (χ1v) is 49.3. The van der Waals surface area contributed by atoms with E-state index in [1.807, 2.05) is 97.1 Å². The number of rotatable bonds is 11. The van der Waals surface area contributed by atoms with Crippen molar-refractivity contribution in [3.63, 3.8) is 0 Å². The molecule has 15 heteroatoms. The van der Waals surface area contributed by atoms with Gasteiger partial charge in [-0.2, -0.15) is 15.8 Å². The van der Waals surface area contributed by atoms with Crippen molar-refractivity contribution in [3.8, 4) is 109 Å². The zero-order valence-corrected chi connectivity index (χ0v) is 79.3. The van der Waals surface area contributed by atoms with Crippen LogP contribution in [0.3, 0.4) is 0 Å². The van der Waals surface area contributed by atoms with Crippen molar-refractivity contribution < 1.29 is 0 Å². The first-order valence-electron chi connectivity index (χ1n) is 49.3. The zero-order valence-electron chi connectivity index (χ0n) is 79.3. The third-order valence-corrected chi connectivity index (χ3v) is 29.2. The van der Waals surface area contributed by atoms with Crippen LogP contribution >= 0.6 is 0 Å². The fourth-order valence-electron chi connectivity index (χ4n) is 22.4. The van der Waals surface area contributed by atoms with Gasteiger partial charge in [-0.25, -0.2) is 29.9 Å². The second kappa shape index (κ2) is 34.8. The summed E-state index contributed by atoms with van der Waals surface area (Å²) in [6.07, 6.45) is 0. The molecule has 15 nitrogen and oxygen atoms in total. The summed E-state index contributed by atoms with van der Waals surface area (Å²) in [7, 11) is 0. The molecule has 0 unspecified atom stereocenters. The SMILES string of the molecule is N#Cc1nc(-n2c3ccccc3c3cc(-c4ccc5c6ccccc6n(-c6ccc(-c7cccc8ccccc78)cc6)c5c4)ccc32)nc2ccccc12.N#Cc1nc(-n2c3ccccc3c3cc(-c4ccc5c6ccccc6n(-c6ccc(-c7ccccc7)cc6)c5c4)ccc32)nc2ccccc12.N#Cc1nc(-n2c3ccccc3c3cc(-c4ccc5c6ccccc6n(-c6ccccc6)c5c4)ccc32)nc2ccccc12. The Hall–Kier alpha value is -20.8. The molecule has 0 atom stereocenters. The van der Waals surface area contributed by atoms with Gasteiger partial charge in [-0.3, -0.25) is 13.7 Å². The van der Waals surface area contributed by atoms with E-state index < -0.39 is 0 Å². The van der Waals surface area contributed by atoms with Crippen molar-refractivity contribution in [2.24, 2.45) is 0 Å². The maximum absolute atomic E-state index is 10.0. The predicted molar refractivity (Wildman–Crippen MR) is 603 cm³/mol. The molecular weight excluding hydrogens is 1810 g/mol. The molecule has 0 saturated heterocycles. The lowest BCUT2D eigenvalue weighted by Gasteiger charge is -2.12. The second-order valence-corrected chi connectivity index (χ2v) is 37.3. The van der Waals surface area contributed by atoms with E-state index in [2.05, 4.69) is 428 Å². The zero-order chi connectivity index (χ0) is 98.1. The Labute approximate surface area is 846 Å². The molecule has 686 valence electrons. The summed E-state index contributed by atoms with van der Waals surface area (Å²) in [5, 5.41) is 48.6. The number of aromatic nitrogens is 12. The number of nitrogens with zero attached hydrogens (tertiary/aromatic N) is 15. The van der Waals surface area contributed by atoms with Crippen molar-refractivity contribution in [2.45, 2.75) is 0 Å². The van der Waals surface area contributed by atoms with E-state index in [1.165, 1.54) is 87.4 Å². The molecule has 0 N–H and O–H groups in total. The van der Waals surface area contributed by atoms with Crippen LogP contribution < -0.4 is 0 Å². The van der Waals surface area contributed by atoms with Gasteiger partial charge in [0.2, 0.25) is 17.8 Å². The topological polar surface area (TPSA) is 178 Å². The van der Waals surface area contributed by atoms with Gasteiger partial charge in [0, 0.05) is 97.9 Å². The average molecular weight is 1890 g/mol. The van der Waals surface area contributed by atoms with Crippen LogP contribution in [-0.2, 0) is 0 Å². The van der Waals surface area contributed by atoms with E-state index in [4.69, 9.17) is 29.9 Å². The fraction of sp³-hybridized carbons (Fsp3) is 0. The summed E-state index contributed by atoms with van der Waals surface area (Å²) in [6, 6.07) is 175. The number of nitriles is 3. The van der Waals surface area contributed by atoms with Crippen molar-refractivity contribution in [2.75, 3.05) is 0 Å². The van der Waals surface area contributed by atoms with Crippen LogP contribution in [0.25, 0.3) is 265 Å². The molecule has 0 saturated carbocycles. The molecule has 0 bridgehead atoms. The first-order chi connectivity index (χ1) is 73.3. The Kier molecular flexibility index (Phi) is 20.1. The van der Waals surface area contributed by atoms with Crippen molar-refractivity contribution >= 4 is 174 Å². The standard InChI is InChI=1S/C49H29N5.C45H27N5.C39H23N5/c50-30-44-41-15-3-6-17-43(41)51-49(52-44)54-46-19-8-5-14-39(46)42-28-33(23-27-47(42)54)34-22-26-40-38-13-4-7-18-45(38)53(48(40)29-34)35-24-20-32(21-25-35)37-16-9-11-31-10-1-2-12-36(31)37;46-28-40-37-14-4-7-15-39(37)47-45(48-40)50-42-17-9-6-13-35(42)38-26-31(21-25-43(38)50)32-20-24-36-34-12-5-8-16-41(34)49(44(36)27-32)33-22-18-30(19-23-33)29-10-2-1-3-11-29;40-24-34-31-14-4-7-15-33(31)41-39(42-34)44-36-17-9-6-13-29(36)32-22-25(19-21-37(32)44)26-18-20-30-28-12-5-8-16-35(28)43(38(30)23-26)27-10-2-1-3-11-27/h1-29H;1-27H;1-23H. The number of hydrogen-bond acceptors (Lipinski definition) is 9. The van der Waals surface area contributed by atoms with Gasteiger partial charge in [-0.05, 0) is 230 Å². The van der Waals surface area contributed by atoms with Crippen molar-refractivity contribution in [3.05, 3.63) is 496 Å². The maximum Gasteiger partial charge on any atom is 0.236 e. The monoisotopic (exact) mass is 1890 g/mol. The molecule has 21 aromatic carbocycles. The Morgan fingerprint density at radius 3 is 0.750 bits per heavy atom. The summed E-state index contributed by atoms with van der Waals surface area (Å²) in [6.45, 7) is 0. The quantitative estimate of drug-likeness (QED) is 0.122. The van der Waals surface area contributed by atoms with Crippen LogP contribution in [0.2, 0.25) is 0 Å². The second-order valence-electron chi connectivity index (χ2n) is 37.3. The highest BCUT2D eigenvalue weighted by atomic mass is 15.2. The van der Waals surface area contributed by atoms with Gasteiger partial charge in [0.25, 0.3) is 0 Å². The van der Waals surface area contributed by atoms with E-state index in [1.54, 1.807) is 0 Å². The first kappa shape index (κ1) is 85.2. The highest BCUT2D eigenvalue weighted by Crippen LogP contribution is 2.46. The Morgan fingerprint density at radius 2 is 0.392 bits per heavy atom. The third kappa shape index (κ3) is 14.0. The van der Waals surface area contributed by atoms with Gasteiger partial charge >= 0.3 is 0 Å². The minimum atomic E-state index is 0.366. The third-order valence-electron chi connectivity index (χ3n) is 29.2. The van der Waals surface area contributed by atoms with Gasteiger partial charge in [-0.1, -0.05) is 315 Å². The Bertz CT molecular complexity index is 10900. The lowest BCUT2D eigenvalue weighted by molar-refractivity contribution is 1.00. The minimum Gasteiger partial charge on any atom is -0.309 e. The maximum atomic E-state index is 10.0. The fourth-order valence-corrected chi connectivity index (χ4v) is 22.4. The minimum absolute atomic E-state index is 0.366. The van der Waals surface area contributed by atoms with Crippen LogP contribution in [0.15, 0.2) is 479 Å². The highest BCUT2D eigenvalue weighted by molar-refractivity contribution is 6.17. The molecular formula is C133H79N15. The molecule has 0 radical (unpaired) electrons. The average Bonchev–Trinajstić information content (AvgIpc) is 1.57. The number of para-hydroxylation sites is 10. The summed E-state index contributed by atoms with van der Waals surface area (Å²) in [5.74, 6) is 1.47. The van der Waals surface area contributed by atoms with E-state index in [-0.39, 0.29) is 0 Å². The predicted octanol–water partition coefficient (Wildman–Crippen LogP) is 32.6. The van der Waals surface area contributed by atoms with Crippen molar-refractivity contribution in [1.29, 1.82) is 15.8 Å².